The molecule has 0 aliphatic carbocycles. The number of hydrogen-bond donors (Lipinski definition) is 0. The molecule has 1 aliphatic rings. The summed E-state index contributed by atoms with van der Waals surface area (Å²) < 4.78 is 24.1. The van der Waals surface area contributed by atoms with Gasteiger partial charge >= 0.3 is 5.97 Å². The summed E-state index contributed by atoms with van der Waals surface area (Å²) in [6.07, 6.45) is 6.73. The van der Waals surface area contributed by atoms with Gasteiger partial charge in [-0.15, -0.1) is 6.42 Å². The van der Waals surface area contributed by atoms with Crippen molar-refractivity contribution in [1.82, 2.24) is 4.57 Å². The lowest BCUT2D eigenvalue weighted by Gasteiger charge is -2.25. The van der Waals surface area contributed by atoms with Crippen LogP contribution in [0.5, 0.6) is 17.2 Å². The summed E-state index contributed by atoms with van der Waals surface area (Å²) in [5.74, 6) is 3.62. The van der Waals surface area contributed by atoms with Crippen LogP contribution in [0.3, 0.4) is 0 Å². The quantitative estimate of drug-likeness (QED) is 0.301. The number of fused-ring (bicyclic) bond motifs is 1. The molecule has 3 aromatic rings. The van der Waals surface area contributed by atoms with Gasteiger partial charge < -0.3 is 18.9 Å². The Morgan fingerprint density at radius 3 is 2.56 bits per heavy atom. The van der Waals surface area contributed by atoms with Gasteiger partial charge in [0.05, 0.1) is 41.7 Å². The van der Waals surface area contributed by atoms with Crippen molar-refractivity contribution >= 4 is 23.4 Å². The Kier molecular flexibility index (Phi) is 8.57. The van der Waals surface area contributed by atoms with Gasteiger partial charge in [0, 0.05) is 0 Å². The first-order valence-corrected chi connectivity index (χ1v) is 13.3. The fourth-order valence-corrected chi connectivity index (χ4v) is 5.30. The Bertz CT molecular complexity index is 1620. The Balaban J connectivity index is 1.86. The Labute approximate surface area is 230 Å². The number of allylic oxidation sites excluding steroid dienone is 1. The summed E-state index contributed by atoms with van der Waals surface area (Å²) in [7, 11) is 1.53. The van der Waals surface area contributed by atoms with E-state index in [2.05, 4.69) is 10.9 Å². The molecule has 0 radical (unpaired) electrons. The molecule has 9 heteroatoms. The summed E-state index contributed by atoms with van der Waals surface area (Å²) >= 11 is 1.25. The molecule has 39 heavy (non-hydrogen) atoms. The van der Waals surface area contributed by atoms with Gasteiger partial charge in [0.1, 0.15) is 12.4 Å². The lowest BCUT2D eigenvalue weighted by Crippen LogP contribution is -2.40. The van der Waals surface area contributed by atoms with E-state index < -0.39 is 12.0 Å². The van der Waals surface area contributed by atoms with E-state index in [1.807, 2.05) is 37.3 Å². The second-order valence-electron chi connectivity index (χ2n) is 8.94. The SMILES string of the molecule is C#CCOc1ccc(/C=c2/sc3n(c2=O)[C@H](c2ccc(OCC)cc2)C(C(=O)OC(C)C)=C(C)N=3)cc1OC. The third kappa shape index (κ3) is 5.91. The molecule has 2 heterocycles. The molecule has 0 fully saturated rings. The van der Waals surface area contributed by atoms with E-state index in [1.165, 1.54) is 18.4 Å². The monoisotopic (exact) mass is 546 g/mol. The van der Waals surface area contributed by atoms with Crippen molar-refractivity contribution in [3.8, 4) is 29.6 Å². The molecule has 0 unspecified atom stereocenters. The Morgan fingerprint density at radius 2 is 1.92 bits per heavy atom. The molecule has 1 aromatic heterocycles. The van der Waals surface area contributed by atoms with Gasteiger partial charge in [0.2, 0.25) is 0 Å². The molecule has 0 saturated carbocycles. The molecule has 1 atom stereocenters. The molecule has 4 rings (SSSR count). The summed E-state index contributed by atoms with van der Waals surface area (Å²) in [5.41, 5.74) is 2.03. The van der Waals surface area contributed by atoms with Gasteiger partial charge in [-0.3, -0.25) is 9.36 Å². The van der Waals surface area contributed by atoms with Gasteiger partial charge in [0.15, 0.2) is 16.3 Å². The number of esters is 1. The van der Waals surface area contributed by atoms with Crippen LogP contribution in [0.15, 0.2) is 63.5 Å². The van der Waals surface area contributed by atoms with Crippen molar-refractivity contribution in [1.29, 1.82) is 0 Å². The van der Waals surface area contributed by atoms with Crippen molar-refractivity contribution in [3.63, 3.8) is 0 Å². The average Bonchev–Trinajstić information content (AvgIpc) is 3.21. The molecule has 1 aliphatic heterocycles. The van der Waals surface area contributed by atoms with Gasteiger partial charge in [-0.2, -0.15) is 0 Å². The molecular formula is C30H30N2O6S. The zero-order valence-electron chi connectivity index (χ0n) is 22.5. The third-order valence-electron chi connectivity index (χ3n) is 5.89. The number of hydrogen-bond acceptors (Lipinski definition) is 8. The van der Waals surface area contributed by atoms with Crippen LogP contribution in [-0.4, -0.2) is 37.0 Å². The van der Waals surface area contributed by atoms with Gasteiger partial charge in [-0.05, 0) is 69.2 Å². The molecule has 0 amide bonds. The predicted molar refractivity (Wildman–Crippen MR) is 150 cm³/mol. The smallest absolute Gasteiger partial charge is 0.338 e. The van der Waals surface area contributed by atoms with Crippen LogP contribution in [0, 0.1) is 12.3 Å². The normalized spacial score (nSPS) is 14.9. The minimum atomic E-state index is -0.709. The predicted octanol–water partition coefficient (Wildman–Crippen LogP) is 3.61. The number of carbonyl (C=O) groups is 1. The maximum Gasteiger partial charge on any atom is 0.338 e. The van der Waals surface area contributed by atoms with Gasteiger partial charge in [0.25, 0.3) is 5.56 Å². The summed E-state index contributed by atoms with van der Waals surface area (Å²) in [6, 6.07) is 12.0. The summed E-state index contributed by atoms with van der Waals surface area (Å²) in [6.45, 7) is 7.88. The van der Waals surface area contributed by atoms with E-state index in [9.17, 15) is 9.59 Å². The highest BCUT2D eigenvalue weighted by atomic mass is 32.1. The highest BCUT2D eigenvalue weighted by molar-refractivity contribution is 7.07. The topological polar surface area (TPSA) is 88.4 Å². The molecular weight excluding hydrogens is 516 g/mol. The van der Waals surface area contributed by atoms with E-state index in [4.69, 9.17) is 25.4 Å². The molecule has 0 N–H and O–H groups in total. The van der Waals surface area contributed by atoms with Crippen LogP contribution in [0.2, 0.25) is 0 Å². The largest absolute Gasteiger partial charge is 0.494 e. The first-order chi connectivity index (χ1) is 18.8. The average molecular weight is 547 g/mol. The van der Waals surface area contributed by atoms with Crippen LogP contribution < -0.4 is 29.1 Å². The first kappa shape index (κ1) is 27.7. The maximum atomic E-state index is 13.8. The maximum absolute atomic E-state index is 13.8. The number of benzene rings is 2. The third-order valence-corrected chi connectivity index (χ3v) is 6.87. The molecule has 0 saturated heterocycles. The van der Waals surface area contributed by atoms with Crippen molar-refractivity contribution < 1.29 is 23.7 Å². The number of nitrogens with zero attached hydrogens (tertiary/aromatic N) is 2. The van der Waals surface area contributed by atoms with Crippen molar-refractivity contribution in [2.45, 2.75) is 39.8 Å². The van der Waals surface area contributed by atoms with Crippen LogP contribution >= 0.6 is 11.3 Å². The highest BCUT2D eigenvalue weighted by Gasteiger charge is 2.33. The van der Waals surface area contributed by atoms with E-state index in [0.717, 1.165) is 11.1 Å². The van der Waals surface area contributed by atoms with E-state index in [0.29, 0.717) is 44.5 Å². The molecule has 2 aromatic carbocycles. The number of aromatic nitrogens is 1. The molecule has 0 bridgehead atoms. The Morgan fingerprint density at radius 1 is 1.18 bits per heavy atom. The number of ether oxygens (including phenoxy) is 4. The number of thiazole rings is 1. The van der Waals surface area contributed by atoms with Crippen molar-refractivity contribution in [2.75, 3.05) is 20.3 Å². The second kappa shape index (κ2) is 12.0. The van der Waals surface area contributed by atoms with Crippen LogP contribution in [0.25, 0.3) is 6.08 Å². The van der Waals surface area contributed by atoms with Crippen LogP contribution in [0.1, 0.15) is 44.9 Å². The molecule has 0 spiro atoms. The van der Waals surface area contributed by atoms with Crippen molar-refractivity contribution in [2.24, 2.45) is 4.99 Å². The fraction of sp³-hybridized carbons (Fsp3) is 0.300. The second-order valence-corrected chi connectivity index (χ2v) is 9.95. The minimum absolute atomic E-state index is 0.112. The van der Waals surface area contributed by atoms with E-state index in [-0.39, 0.29) is 18.3 Å². The number of rotatable bonds is 9. The van der Waals surface area contributed by atoms with Crippen LogP contribution in [-0.2, 0) is 9.53 Å². The van der Waals surface area contributed by atoms with E-state index in [1.54, 1.807) is 43.5 Å². The number of carbonyl (C=O) groups excluding carboxylic acids is 1. The summed E-state index contributed by atoms with van der Waals surface area (Å²) in [4.78, 5) is 32.2. The number of methoxy groups -OCH3 is 1. The minimum Gasteiger partial charge on any atom is -0.494 e. The standard InChI is InChI=1S/C30H30N2O6S/c1-7-15-37-23-14-9-20(16-24(23)35-6)17-25-28(33)32-27(21-10-12-22(13-11-21)36-8-2)26(29(34)38-18(3)4)19(5)31-30(32)39-25/h1,9-14,16-18,27H,8,15H2,2-6H3/b25-17+/t27-/m1/s1. The Hall–Kier alpha value is -4.29. The first-order valence-electron chi connectivity index (χ1n) is 12.5. The lowest BCUT2D eigenvalue weighted by molar-refractivity contribution is -0.143. The summed E-state index contributed by atoms with van der Waals surface area (Å²) in [5, 5.41) is 0. The zero-order chi connectivity index (χ0) is 28.1. The van der Waals surface area contributed by atoms with Crippen LogP contribution in [0.4, 0.5) is 0 Å². The van der Waals surface area contributed by atoms with Gasteiger partial charge in [-0.25, -0.2) is 9.79 Å². The van der Waals surface area contributed by atoms with Crippen molar-refractivity contribution in [3.05, 3.63) is 84.5 Å². The lowest BCUT2D eigenvalue weighted by atomic mass is 9.96. The zero-order valence-corrected chi connectivity index (χ0v) is 23.3. The van der Waals surface area contributed by atoms with E-state index >= 15 is 0 Å². The van der Waals surface area contributed by atoms with Gasteiger partial charge in [-0.1, -0.05) is 35.5 Å². The fourth-order valence-electron chi connectivity index (χ4n) is 4.25. The molecule has 8 nitrogen and oxygen atoms in total. The highest BCUT2D eigenvalue weighted by Crippen LogP contribution is 2.32. The molecule has 202 valence electrons. The number of terminal acetylenes is 1.